The maximum absolute atomic E-state index is 12.5. The Hall–Kier alpha value is -1.06. The number of unbranched alkanes of at least 4 members (excludes halogenated alkanes) is 32. The first kappa shape index (κ1) is 51.9. The first-order chi connectivity index (χ1) is 25.7. The van der Waals surface area contributed by atoms with Gasteiger partial charge in [-0.1, -0.05) is 259 Å². The van der Waals surface area contributed by atoms with Crippen LogP contribution < -0.4 is 0 Å². The molecule has 0 aliphatic rings. The number of carboxylic acids is 2. The molecule has 0 aromatic rings. The summed E-state index contributed by atoms with van der Waals surface area (Å²) in [6, 6.07) is 0. The average molecular weight is 749 g/mol. The molecule has 0 radical (unpaired) electrons. The van der Waals surface area contributed by atoms with Gasteiger partial charge in [-0.3, -0.25) is 9.59 Å². The minimum absolute atomic E-state index is 0.0383. The third-order valence-corrected chi connectivity index (χ3v) is 12.1. The summed E-state index contributed by atoms with van der Waals surface area (Å²) in [5.41, 5.74) is -0.862. The lowest BCUT2D eigenvalue weighted by Gasteiger charge is -2.29. The zero-order valence-corrected chi connectivity index (χ0v) is 36.6. The second-order valence-electron chi connectivity index (χ2n) is 18.4. The van der Waals surface area contributed by atoms with E-state index in [9.17, 15) is 19.8 Å². The highest BCUT2D eigenvalue weighted by molar-refractivity contribution is 5.76. The lowest BCUT2D eigenvalue weighted by Crippen LogP contribution is -2.32. The third-order valence-electron chi connectivity index (χ3n) is 12.1. The normalized spacial score (nSPS) is 12.0. The minimum atomic E-state index is -0.874. The SMILES string of the molecule is CC(C)CCCCCCCCCCCCCCCCCCCC(CCCCCCCCCCCCCCCCCCCC(C)C)(CCC(=O)O)C(=O)O. The molecule has 0 aliphatic heterocycles. The van der Waals surface area contributed by atoms with Crippen LogP contribution in [0.15, 0.2) is 0 Å². The van der Waals surface area contributed by atoms with Gasteiger partial charge in [-0.25, -0.2) is 0 Å². The van der Waals surface area contributed by atoms with Gasteiger partial charge in [0.25, 0.3) is 0 Å². The van der Waals surface area contributed by atoms with E-state index in [-0.39, 0.29) is 12.8 Å². The highest BCUT2D eigenvalue weighted by Gasteiger charge is 2.37. The summed E-state index contributed by atoms with van der Waals surface area (Å²) in [6.07, 6.45) is 49.2. The Labute approximate surface area is 332 Å². The number of aliphatic carboxylic acids is 2. The van der Waals surface area contributed by atoms with Crippen molar-refractivity contribution in [1.29, 1.82) is 0 Å². The maximum atomic E-state index is 12.5. The van der Waals surface area contributed by atoms with E-state index in [1.54, 1.807) is 0 Å². The van der Waals surface area contributed by atoms with E-state index in [4.69, 9.17) is 0 Å². The molecule has 0 unspecified atom stereocenters. The van der Waals surface area contributed by atoms with Gasteiger partial charge in [0, 0.05) is 6.42 Å². The predicted octanol–water partition coefficient (Wildman–Crippen LogP) is 17.1. The molecule has 0 bridgehead atoms. The summed E-state index contributed by atoms with van der Waals surface area (Å²) in [6.45, 7) is 9.31. The van der Waals surface area contributed by atoms with E-state index in [1.165, 1.54) is 205 Å². The summed E-state index contributed by atoms with van der Waals surface area (Å²) in [4.78, 5) is 23.9. The van der Waals surface area contributed by atoms with Crippen LogP contribution in [0.25, 0.3) is 0 Å². The molecule has 0 aliphatic carbocycles. The number of hydrogen-bond acceptors (Lipinski definition) is 2. The largest absolute Gasteiger partial charge is 0.481 e. The molecule has 4 heteroatoms. The van der Waals surface area contributed by atoms with Crippen LogP contribution in [0.4, 0.5) is 0 Å². The second-order valence-corrected chi connectivity index (χ2v) is 18.4. The smallest absolute Gasteiger partial charge is 0.309 e. The molecule has 2 N–H and O–H groups in total. The van der Waals surface area contributed by atoms with Crippen LogP contribution in [-0.2, 0) is 9.59 Å². The number of carbonyl (C=O) groups is 2. The van der Waals surface area contributed by atoms with Crippen LogP contribution in [0.1, 0.15) is 285 Å². The molecule has 0 amide bonds. The molecule has 0 atom stereocenters. The summed E-state index contributed by atoms with van der Waals surface area (Å²) in [5, 5.41) is 19.6. The Morgan fingerprint density at radius 3 is 0.736 bits per heavy atom. The van der Waals surface area contributed by atoms with Crippen molar-refractivity contribution in [1.82, 2.24) is 0 Å². The molecule has 0 saturated carbocycles. The van der Waals surface area contributed by atoms with E-state index in [2.05, 4.69) is 27.7 Å². The van der Waals surface area contributed by atoms with Crippen LogP contribution in [0.5, 0.6) is 0 Å². The van der Waals surface area contributed by atoms with Crippen molar-refractivity contribution < 1.29 is 19.8 Å². The summed E-state index contributed by atoms with van der Waals surface area (Å²) < 4.78 is 0. The van der Waals surface area contributed by atoms with Crippen molar-refractivity contribution in [2.24, 2.45) is 17.3 Å². The van der Waals surface area contributed by atoms with Gasteiger partial charge in [-0.15, -0.1) is 0 Å². The monoisotopic (exact) mass is 749 g/mol. The Morgan fingerprint density at radius 2 is 0.547 bits per heavy atom. The number of rotatable bonds is 44. The van der Waals surface area contributed by atoms with Crippen LogP contribution in [0, 0.1) is 17.3 Å². The van der Waals surface area contributed by atoms with Crippen molar-refractivity contribution in [3.05, 3.63) is 0 Å². The standard InChI is InChI=1S/C49H96O4/c1-45(2)39-35-31-27-23-19-15-11-7-5-9-13-17-21-25-29-33-37-42-49(48(52)53,44-41-47(50)51)43-38-34-30-26-22-18-14-10-6-8-12-16-20-24-28-32-36-40-46(3)4/h45-46H,5-44H2,1-4H3,(H,50,51)(H,52,53). The van der Waals surface area contributed by atoms with Gasteiger partial charge in [-0.2, -0.15) is 0 Å². The summed E-state index contributed by atoms with van der Waals surface area (Å²) >= 11 is 0. The molecule has 0 rings (SSSR count). The zero-order chi connectivity index (χ0) is 39.1. The van der Waals surface area contributed by atoms with Gasteiger partial charge < -0.3 is 10.2 Å². The van der Waals surface area contributed by atoms with Crippen molar-refractivity contribution in [2.45, 2.75) is 285 Å². The molecule has 316 valence electrons. The Kier molecular flexibility index (Phi) is 38.4. The lowest BCUT2D eigenvalue weighted by molar-refractivity contribution is -0.151. The van der Waals surface area contributed by atoms with E-state index >= 15 is 0 Å². The minimum Gasteiger partial charge on any atom is -0.481 e. The van der Waals surface area contributed by atoms with Gasteiger partial charge in [0.05, 0.1) is 5.41 Å². The fraction of sp³-hybridized carbons (Fsp3) is 0.959. The van der Waals surface area contributed by atoms with Crippen molar-refractivity contribution in [3.63, 3.8) is 0 Å². The molecule has 0 aromatic carbocycles. The topological polar surface area (TPSA) is 74.6 Å². The van der Waals surface area contributed by atoms with Crippen LogP contribution in [-0.4, -0.2) is 22.2 Å². The number of hydrogen-bond donors (Lipinski definition) is 2. The fourth-order valence-electron chi connectivity index (χ4n) is 8.38. The molecule has 53 heavy (non-hydrogen) atoms. The molecule has 0 heterocycles. The molecule has 4 nitrogen and oxygen atoms in total. The first-order valence-corrected chi connectivity index (χ1v) is 24.1. The van der Waals surface area contributed by atoms with E-state index in [0.717, 1.165) is 37.5 Å². The highest BCUT2D eigenvalue weighted by atomic mass is 16.4. The Bertz CT molecular complexity index is 728. The van der Waals surface area contributed by atoms with Gasteiger partial charge in [-0.05, 0) is 31.1 Å². The molecular formula is C49H96O4. The van der Waals surface area contributed by atoms with Gasteiger partial charge >= 0.3 is 11.9 Å². The average Bonchev–Trinajstić information content (AvgIpc) is 3.11. The molecule has 0 saturated heterocycles. The van der Waals surface area contributed by atoms with E-state index in [0.29, 0.717) is 12.8 Å². The number of carboxylic acid groups (broad SMARTS) is 2. The third kappa shape index (κ3) is 37.6. The molecule has 0 fully saturated rings. The molecular weight excluding hydrogens is 653 g/mol. The lowest BCUT2D eigenvalue weighted by atomic mass is 9.74. The maximum Gasteiger partial charge on any atom is 0.309 e. The van der Waals surface area contributed by atoms with Crippen molar-refractivity contribution in [3.8, 4) is 0 Å². The Morgan fingerprint density at radius 1 is 0.340 bits per heavy atom. The molecule has 0 spiro atoms. The van der Waals surface area contributed by atoms with Gasteiger partial charge in [0.15, 0.2) is 0 Å². The van der Waals surface area contributed by atoms with Crippen molar-refractivity contribution >= 4 is 11.9 Å². The highest BCUT2D eigenvalue weighted by Crippen LogP contribution is 2.37. The Balaban J connectivity index is 3.85. The van der Waals surface area contributed by atoms with E-state index < -0.39 is 17.4 Å². The van der Waals surface area contributed by atoms with Gasteiger partial charge in [0.1, 0.15) is 0 Å². The molecule has 0 aromatic heterocycles. The quantitative estimate of drug-likeness (QED) is 0.0609. The zero-order valence-electron chi connectivity index (χ0n) is 36.6. The summed E-state index contributed by atoms with van der Waals surface area (Å²) in [5.74, 6) is 0.0728. The summed E-state index contributed by atoms with van der Waals surface area (Å²) in [7, 11) is 0. The van der Waals surface area contributed by atoms with Gasteiger partial charge in [0.2, 0.25) is 0 Å². The van der Waals surface area contributed by atoms with Crippen LogP contribution in [0.2, 0.25) is 0 Å². The first-order valence-electron chi connectivity index (χ1n) is 24.1. The van der Waals surface area contributed by atoms with Crippen LogP contribution in [0.3, 0.4) is 0 Å². The van der Waals surface area contributed by atoms with Crippen LogP contribution >= 0.6 is 0 Å². The van der Waals surface area contributed by atoms with E-state index in [1.807, 2.05) is 0 Å². The predicted molar refractivity (Wildman–Crippen MR) is 232 cm³/mol. The fourth-order valence-corrected chi connectivity index (χ4v) is 8.38. The second kappa shape index (κ2) is 39.2. The van der Waals surface area contributed by atoms with Crippen molar-refractivity contribution in [2.75, 3.05) is 0 Å².